The Hall–Kier alpha value is -1.23. The Bertz CT molecular complexity index is 666. The van der Waals surface area contributed by atoms with Gasteiger partial charge in [0.25, 0.3) is 0 Å². The van der Waals surface area contributed by atoms with Gasteiger partial charge in [0.1, 0.15) is 0 Å². The van der Waals surface area contributed by atoms with Gasteiger partial charge in [0, 0.05) is 7.11 Å². The monoisotopic (exact) mass is 512 g/mol. The Morgan fingerprint density at radius 3 is 1.18 bits per heavy atom. The molecule has 0 heterocycles. The van der Waals surface area contributed by atoms with E-state index in [0.29, 0.717) is 16.7 Å². The summed E-state index contributed by atoms with van der Waals surface area (Å²) in [5.41, 5.74) is 0.741. The number of ether oxygens (including phenoxy) is 1. The summed E-state index contributed by atoms with van der Waals surface area (Å²) < 4.78 is 36.4. The highest BCUT2D eigenvalue weighted by Crippen LogP contribution is 2.40. The number of hydrogen-bond acceptors (Lipinski definition) is 6. The Balaban J connectivity index is 0. The second-order valence-electron chi connectivity index (χ2n) is 11.1. The van der Waals surface area contributed by atoms with Crippen molar-refractivity contribution in [2.24, 2.45) is 34.5 Å². The van der Waals surface area contributed by atoms with E-state index in [2.05, 4.69) is 41.5 Å². The number of aliphatic hydroxyl groups is 1. The molecule has 0 saturated heterocycles. The first-order chi connectivity index (χ1) is 15.4. The lowest BCUT2D eigenvalue weighted by Gasteiger charge is -2.36. The molecule has 0 amide bonds. The Morgan fingerprint density at radius 1 is 0.706 bits per heavy atom. The highest BCUT2D eigenvalue weighted by atomic mass is 32.3. The molecule has 2 rings (SSSR count). The molecule has 2 fully saturated rings. The molecule has 0 unspecified atom stereocenters. The molecular weight excluding hydrogens is 464 g/mol. The van der Waals surface area contributed by atoms with Crippen LogP contribution in [0.3, 0.4) is 0 Å². The SMILES string of the molecule is CC(C)(C)C1CCC(C(=O)O)CC1.CO.COC(=O)C1CCC(C(C)(C)C)CC1.O=S(=O)(O)O. The van der Waals surface area contributed by atoms with E-state index in [0.717, 1.165) is 51.6 Å². The normalized spacial score (nSPS) is 25.1. The molecule has 9 nitrogen and oxygen atoms in total. The van der Waals surface area contributed by atoms with Gasteiger partial charge in [0.05, 0.1) is 18.9 Å². The van der Waals surface area contributed by atoms with Crippen molar-refractivity contribution in [2.45, 2.75) is 92.9 Å². The molecular formula is C24H48O9S. The number of carboxylic acid groups (broad SMARTS) is 1. The van der Waals surface area contributed by atoms with Crippen LogP contribution in [0, 0.1) is 34.5 Å². The van der Waals surface area contributed by atoms with E-state index >= 15 is 0 Å². The minimum absolute atomic E-state index is 0.0163. The van der Waals surface area contributed by atoms with Gasteiger partial charge < -0.3 is 14.9 Å². The first-order valence-corrected chi connectivity index (χ1v) is 13.2. The minimum Gasteiger partial charge on any atom is -0.481 e. The zero-order chi connectivity index (χ0) is 27.3. The molecule has 10 heteroatoms. The Kier molecular flexibility index (Phi) is 16.1. The fourth-order valence-electron chi connectivity index (χ4n) is 4.57. The maximum Gasteiger partial charge on any atom is 0.394 e. The third-order valence-corrected chi connectivity index (χ3v) is 6.79. The molecule has 0 spiro atoms. The standard InChI is InChI=1S/C12H22O2.C11H20O2.CH4O.H2O4S/c1-12(2,3)10-7-5-9(6-8-10)11(13)14-4;1-11(2,3)9-6-4-8(5-7-9)10(12)13;1-2;1-5(2,3)4/h9-10H,5-8H2,1-4H3;8-9H,4-7H2,1-3H3,(H,12,13);2H,1H3;(H2,1,2,3,4). The summed E-state index contributed by atoms with van der Waals surface area (Å²) in [4.78, 5) is 22.0. The van der Waals surface area contributed by atoms with Gasteiger partial charge in [-0.05, 0) is 74.0 Å². The van der Waals surface area contributed by atoms with E-state index in [4.69, 9.17) is 32.5 Å². The van der Waals surface area contributed by atoms with Crippen LogP contribution in [0.1, 0.15) is 92.9 Å². The van der Waals surface area contributed by atoms with Crippen LogP contribution < -0.4 is 0 Å². The van der Waals surface area contributed by atoms with Crippen LogP contribution in [0.15, 0.2) is 0 Å². The fourth-order valence-corrected chi connectivity index (χ4v) is 4.57. The second-order valence-corrected chi connectivity index (χ2v) is 12.0. The third-order valence-electron chi connectivity index (χ3n) is 6.79. The van der Waals surface area contributed by atoms with Crippen molar-refractivity contribution in [3.8, 4) is 0 Å². The summed E-state index contributed by atoms with van der Waals surface area (Å²) in [5.74, 6) is 0.952. The molecule has 2 aliphatic carbocycles. The van der Waals surface area contributed by atoms with E-state index in [-0.39, 0.29) is 17.8 Å². The van der Waals surface area contributed by atoms with Gasteiger partial charge in [-0.25, -0.2) is 0 Å². The number of carboxylic acids is 1. The van der Waals surface area contributed by atoms with Crippen molar-refractivity contribution >= 4 is 22.3 Å². The minimum atomic E-state index is -4.67. The van der Waals surface area contributed by atoms with Crippen molar-refractivity contribution in [2.75, 3.05) is 14.2 Å². The van der Waals surface area contributed by atoms with Crippen LogP contribution in [0.25, 0.3) is 0 Å². The summed E-state index contributed by atoms with van der Waals surface area (Å²) in [6.07, 6.45) is 8.27. The highest BCUT2D eigenvalue weighted by Gasteiger charge is 2.33. The van der Waals surface area contributed by atoms with Gasteiger partial charge in [-0.3, -0.25) is 18.7 Å². The van der Waals surface area contributed by atoms with Crippen LogP contribution in [-0.2, 0) is 24.7 Å². The molecule has 0 aromatic carbocycles. The molecule has 2 saturated carbocycles. The molecule has 0 radical (unpaired) electrons. The number of aliphatic carboxylic acids is 1. The first-order valence-electron chi connectivity index (χ1n) is 11.8. The van der Waals surface area contributed by atoms with Crippen molar-refractivity contribution in [1.82, 2.24) is 0 Å². The quantitative estimate of drug-likeness (QED) is 0.298. The number of aliphatic hydroxyl groups excluding tert-OH is 1. The number of hydrogen-bond donors (Lipinski definition) is 4. The molecule has 0 bridgehead atoms. The number of carbonyl (C=O) groups is 2. The average molecular weight is 513 g/mol. The van der Waals surface area contributed by atoms with Crippen molar-refractivity contribution in [1.29, 1.82) is 0 Å². The van der Waals surface area contributed by atoms with Crippen LogP contribution in [-0.4, -0.2) is 53.9 Å². The van der Waals surface area contributed by atoms with Gasteiger partial charge in [0.2, 0.25) is 0 Å². The van der Waals surface area contributed by atoms with Gasteiger partial charge in [-0.15, -0.1) is 0 Å². The molecule has 4 N–H and O–H groups in total. The summed E-state index contributed by atoms with van der Waals surface area (Å²) in [5, 5.41) is 15.8. The van der Waals surface area contributed by atoms with Crippen LogP contribution in [0.2, 0.25) is 0 Å². The lowest BCUT2D eigenvalue weighted by molar-refractivity contribution is -0.147. The molecule has 34 heavy (non-hydrogen) atoms. The van der Waals surface area contributed by atoms with E-state index in [1.807, 2.05) is 0 Å². The molecule has 2 aliphatic rings. The number of esters is 1. The first kappa shape index (κ1) is 34.9. The van der Waals surface area contributed by atoms with Gasteiger partial charge in [0.15, 0.2) is 0 Å². The smallest absolute Gasteiger partial charge is 0.394 e. The van der Waals surface area contributed by atoms with E-state index in [9.17, 15) is 9.59 Å². The summed E-state index contributed by atoms with van der Waals surface area (Å²) in [7, 11) is -2.18. The zero-order valence-corrected chi connectivity index (χ0v) is 23.0. The van der Waals surface area contributed by atoms with Crippen molar-refractivity contribution in [3.63, 3.8) is 0 Å². The van der Waals surface area contributed by atoms with Crippen molar-refractivity contribution < 1.29 is 42.1 Å². The predicted molar refractivity (Wildman–Crippen MR) is 132 cm³/mol. The van der Waals surface area contributed by atoms with Crippen LogP contribution >= 0.6 is 0 Å². The third kappa shape index (κ3) is 16.4. The summed E-state index contributed by atoms with van der Waals surface area (Å²) in [6.45, 7) is 13.6. The lowest BCUT2D eigenvalue weighted by Crippen LogP contribution is -2.29. The Labute approximate surface area is 206 Å². The highest BCUT2D eigenvalue weighted by molar-refractivity contribution is 7.79. The largest absolute Gasteiger partial charge is 0.481 e. The molecule has 0 aromatic heterocycles. The maximum absolute atomic E-state index is 11.3. The fraction of sp³-hybridized carbons (Fsp3) is 0.917. The van der Waals surface area contributed by atoms with Gasteiger partial charge >= 0.3 is 22.3 Å². The van der Waals surface area contributed by atoms with Crippen molar-refractivity contribution in [3.05, 3.63) is 0 Å². The lowest BCUT2D eigenvalue weighted by atomic mass is 9.70. The molecule has 0 atom stereocenters. The Morgan fingerprint density at radius 2 is 0.971 bits per heavy atom. The number of rotatable bonds is 2. The summed E-state index contributed by atoms with van der Waals surface area (Å²) in [6, 6.07) is 0. The van der Waals surface area contributed by atoms with Gasteiger partial charge in [-0.1, -0.05) is 41.5 Å². The average Bonchev–Trinajstić information content (AvgIpc) is 2.73. The zero-order valence-electron chi connectivity index (χ0n) is 22.2. The molecule has 204 valence electrons. The van der Waals surface area contributed by atoms with Crippen LogP contribution in [0.5, 0.6) is 0 Å². The molecule has 0 aromatic rings. The molecule has 0 aliphatic heterocycles. The summed E-state index contributed by atoms with van der Waals surface area (Å²) >= 11 is 0. The maximum atomic E-state index is 11.3. The topological polar surface area (TPSA) is 158 Å². The van der Waals surface area contributed by atoms with E-state index in [1.165, 1.54) is 20.0 Å². The van der Waals surface area contributed by atoms with E-state index < -0.39 is 16.4 Å². The van der Waals surface area contributed by atoms with Crippen LogP contribution in [0.4, 0.5) is 0 Å². The second kappa shape index (κ2) is 15.7. The predicted octanol–water partition coefficient (Wildman–Crippen LogP) is 4.89. The number of carbonyl (C=O) groups excluding carboxylic acids is 1. The number of methoxy groups -OCH3 is 1. The van der Waals surface area contributed by atoms with E-state index in [1.54, 1.807) is 0 Å². The van der Waals surface area contributed by atoms with Gasteiger partial charge in [-0.2, -0.15) is 8.42 Å².